The van der Waals surface area contributed by atoms with E-state index in [1.165, 1.54) is 18.2 Å². The summed E-state index contributed by atoms with van der Waals surface area (Å²) in [7, 11) is 0. The van der Waals surface area contributed by atoms with Crippen LogP contribution in [0, 0.1) is 5.95 Å². The lowest BCUT2D eigenvalue weighted by atomic mass is 10.3. The molecule has 0 unspecified atom stereocenters. The van der Waals surface area contributed by atoms with Crippen molar-refractivity contribution >= 4 is 11.6 Å². The first-order chi connectivity index (χ1) is 9.56. The first-order valence-corrected chi connectivity index (χ1v) is 6.12. The molecule has 0 aliphatic rings. The number of nitrogens with zero attached hydrogens (tertiary/aromatic N) is 2. The maximum absolute atomic E-state index is 13.0. The van der Waals surface area contributed by atoms with E-state index < -0.39 is 11.9 Å². The zero-order chi connectivity index (χ0) is 14.5. The summed E-state index contributed by atoms with van der Waals surface area (Å²) in [5, 5.41) is 2.60. The average molecular weight is 275 g/mol. The van der Waals surface area contributed by atoms with Gasteiger partial charge in [0.15, 0.2) is 0 Å². The summed E-state index contributed by atoms with van der Waals surface area (Å²) in [5.74, 6) is -0.916. The second-order valence-corrected chi connectivity index (χ2v) is 4.32. The molecule has 0 saturated heterocycles. The smallest absolute Gasteiger partial charge is 0.274 e. The first kappa shape index (κ1) is 13.9. The number of rotatable bonds is 4. The largest absolute Gasteiger partial charge is 0.473 e. The molecule has 104 valence electrons. The number of hydrogen-bond donors (Lipinski definition) is 1. The Kier molecular flexibility index (Phi) is 4.24. The van der Waals surface area contributed by atoms with Crippen molar-refractivity contribution in [3.05, 3.63) is 48.2 Å². The predicted octanol–water partition coefficient (Wildman–Crippen LogP) is 2.66. The van der Waals surface area contributed by atoms with Crippen molar-refractivity contribution in [2.75, 3.05) is 5.32 Å². The number of aromatic nitrogens is 2. The van der Waals surface area contributed by atoms with E-state index in [9.17, 15) is 9.18 Å². The van der Waals surface area contributed by atoms with Crippen LogP contribution in [0.5, 0.6) is 5.88 Å². The number of pyridine rings is 2. The van der Waals surface area contributed by atoms with Gasteiger partial charge < -0.3 is 10.1 Å². The highest BCUT2D eigenvalue weighted by atomic mass is 19.1. The Balaban J connectivity index is 2.19. The van der Waals surface area contributed by atoms with Gasteiger partial charge in [-0.15, -0.1) is 0 Å². The van der Waals surface area contributed by atoms with E-state index in [0.29, 0.717) is 11.6 Å². The summed E-state index contributed by atoms with van der Waals surface area (Å²) in [6.45, 7) is 3.71. The monoisotopic (exact) mass is 275 g/mol. The number of carbonyl (C=O) groups excluding carboxylic acids is 1. The minimum Gasteiger partial charge on any atom is -0.473 e. The van der Waals surface area contributed by atoms with E-state index in [1.807, 2.05) is 13.8 Å². The number of nitrogens with one attached hydrogen (secondary N) is 1. The number of ether oxygens (including phenoxy) is 1. The highest BCUT2D eigenvalue weighted by Crippen LogP contribution is 2.22. The molecule has 2 aromatic rings. The molecule has 0 saturated carbocycles. The Morgan fingerprint density at radius 1 is 1.30 bits per heavy atom. The fourth-order valence-electron chi connectivity index (χ4n) is 1.52. The second-order valence-electron chi connectivity index (χ2n) is 4.32. The van der Waals surface area contributed by atoms with E-state index in [2.05, 4.69) is 15.3 Å². The number of carbonyl (C=O) groups is 1. The van der Waals surface area contributed by atoms with Gasteiger partial charge in [-0.2, -0.15) is 4.39 Å². The maximum atomic E-state index is 13.0. The number of halogens is 1. The standard InChI is InChI=1S/C14H14FN3O2/c1-9(2)20-14-11(6-4-8-16-14)18-13(19)10-5-3-7-12(15)17-10/h3-9H,1-2H3,(H,18,19). The van der Waals surface area contributed by atoms with Crippen LogP contribution in [0.15, 0.2) is 36.5 Å². The lowest BCUT2D eigenvalue weighted by Crippen LogP contribution is -2.16. The van der Waals surface area contributed by atoms with Crippen molar-refractivity contribution in [1.29, 1.82) is 0 Å². The number of anilines is 1. The van der Waals surface area contributed by atoms with Crippen molar-refractivity contribution in [2.45, 2.75) is 20.0 Å². The molecule has 2 heterocycles. The van der Waals surface area contributed by atoms with Gasteiger partial charge in [-0.25, -0.2) is 9.97 Å². The van der Waals surface area contributed by atoms with Gasteiger partial charge in [0.05, 0.1) is 6.10 Å². The zero-order valence-electron chi connectivity index (χ0n) is 11.1. The summed E-state index contributed by atoms with van der Waals surface area (Å²) in [6.07, 6.45) is 1.49. The van der Waals surface area contributed by atoms with Crippen LogP contribution in [0.2, 0.25) is 0 Å². The fourth-order valence-corrected chi connectivity index (χ4v) is 1.52. The summed E-state index contributed by atoms with van der Waals surface area (Å²) < 4.78 is 18.5. The molecule has 0 spiro atoms. The van der Waals surface area contributed by atoms with Gasteiger partial charge in [-0.1, -0.05) is 6.07 Å². The normalized spacial score (nSPS) is 10.4. The molecule has 0 radical (unpaired) electrons. The Labute approximate surface area is 115 Å². The van der Waals surface area contributed by atoms with Crippen LogP contribution in [0.25, 0.3) is 0 Å². The van der Waals surface area contributed by atoms with E-state index in [4.69, 9.17) is 4.74 Å². The van der Waals surface area contributed by atoms with Crippen LogP contribution >= 0.6 is 0 Å². The number of hydrogen-bond acceptors (Lipinski definition) is 4. The molecule has 2 rings (SSSR count). The van der Waals surface area contributed by atoms with Gasteiger partial charge in [0.1, 0.15) is 11.4 Å². The van der Waals surface area contributed by atoms with E-state index >= 15 is 0 Å². The summed E-state index contributed by atoms with van der Waals surface area (Å²) in [4.78, 5) is 19.6. The summed E-state index contributed by atoms with van der Waals surface area (Å²) in [5.41, 5.74) is 0.404. The van der Waals surface area contributed by atoms with Gasteiger partial charge in [0.2, 0.25) is 11.8 Å². The lowest BCUT2D eigenvalue weighted by Gasteiger charge is -2.13. The van der Waals surface area contributed by atoms with Crippen molar-refractivity contribution in [2.24, 2.45) is 0 Å². The SMILES string of the molecule is CC(C)Oc1ncccc1NC(=O)c1cccc(F)n1. The molecule has 0 bridgehead atoms. The van der Waals surface area contributed by atoms with Gasteiger partial charge in [-0.3, -0.25) is 4.79 Å². The molecule has 0 atom stereocenters. The van der Waals surface area contributed by atoms with E-state index in [0.717, 1.165) is 0 Å². The molecule has 20 heavy (non-hydrogen) atoms. The average Bonchev–Trinajstić information content (AvgIpc) is 2.40. The molecular weight excluding hydrogens is 261 g/mol. The van der Waals surface area contributed by atoms with Crippen LogP contribution in [0.3, 0.4) is 0 Å². The van der Waals surface area contributed by atoms with Crippen molar-refractivity contribution in [1.82, 2.24) is 9.97 Å². The molecule has 0 aromatic carbocycles. The van der Waals surface area contributed by atoms with Gasteiger partial charge in [-0.05, 0) is 38.1 Å². The van der Waals surface area contributed by atoms with Crippen molar-refractivity contribution in [3.8, 4) is 5.88 Å². The Morgan fingerprint density at radius 3 is 2.80 bits per heavy atom. The van der Waals surface area contributed by atoms with Crippen LogP contribution in [0.4, 0.5) is 10.1 Å². The zero-order valence-corrected chi connectivity index (χ0v) is 11.1. The maximum Gasteiger partial charge on any atom is 0.274 e. The third-order valence-electron chi connectivity index (χ3n) is 2.31. The minimum atomic E-state index is -0.706. The van der Waals surface area contributed by atoms with Gasteiger partial charge >= 0.3 is 0 Å². The van der Waals surface area contributed by atoms with Gasteiger partial charge in [0.25, 0.3) is 5.91 Å². The third-order valence-corrected chi connectivity index (χ3v) is 2.31. The van der Waals surface area contributed by atoms with Crippen LogP contribution in [0.1, 0.15) is 24.3 Å². The molecule has 1 N–H and O–H groups in total. The van der Waals surface area contributed by atoms with E-state index in [1.54, 1.807) is 18.3 Å². The Hall–Kier alpha value is -2.50. The minimum absolute atomic E-state index is 0.00986. The summed E-state index contributed by atoms with van der Waals surface area (Å²) in [6, 6.07) is 7.35. The third kappa shape index (κ3) is 3.50. The highest BCUT2D eigenvalue weighted by molar-refractivity contribution is 6.03. The molecular formula is C14H14FN3O2. The first-order valence-electron chi connectivity index (χ1n) is 6.12. The molecule has 5 nitrogen and oxygen atoms in total. The Morgan fingerprint density at radius 2 is 2.10 bits per heavy atom. The molecule has 1 amide bonds. The second kappa shape index (κ2) is 6.10. The predicted molar refractivity (Wildman–Crippen MR) is 72.1 cm³/mol. The van der Waals surface area contributed by atoms with Crippen LogP contribution in [-0.2, 0) is 0 Å². The van der Waals surface area contributed by atoms with E-state index in [-0.39, 0.29) is 11.8 Å². The van der Waals surface area contributed by atoms with Crippen molar-refractivity contribution < 1.29 is 13.9 Å². The number of amides is 1. The topological polar surface area (TPSA) is 64.1 Å². The summed E-state index contributed by atoms with van der Waals surface area (Å²) >= 11 is 0. The van der Waals surface area contributed by atoms with Crippen molar-refractivity contribution in [3.63, 3.8) is 0 Å². The van der Waals surface area contributed by atoms with Gasteiger partial charge in [0, 0.05) is 6.20 Å². The quantitative estimate of drug-likeness (QED) is 0.871. The molecule has 0 fully saturated rings. The van der Waals surface area contributed by atoms with Crippen LogP contribution in [-0.4, -0.2) is 22.0 Å². The molecule has 2 aromatic heterocycles. The Bertz CT molecular complexity index is 617. The fraction of sp³-hybridized carbons (Fsp3) is 0.214. The molecule has 6 heteroatoms. The lowest BCUT2D eigenvalue weighted by molar-refractivity contribution is 0.102. The van der Waals surface area contributed by atoms with Crippen LogP contribution < -0.4 is 10.1 Å². The highest BCUT2D eigenvalue weighted by Gasteiger charge is 2.13. The molecule has 0 aliphatic heterocycles. The molecule has 0 aliphatic carbocycles.